The average molecular weight is 365 g/mol. The van der Waals surface area contributed by atoms with E-state index in [4.69, 9.17) is 21.1 Å². The van der Waals surface area contributed by atoms with E-state index in [1.807, 2.05) is 11.8 Å². The molecule has 3 rings (SSSR count). The van der Waals surface area contributed by atoms with Crippen LogP contribution in [0.2, 0.25) is 5.02 Å². The Labute approximate surface area is 149 Å². The van der Waals surface area contributed by atoms with Crippen molar-refractivity contribution in [1.29, 1.82) is 0 Å². The lowest BCUT2D eigenvalue weighted by Crippen LogP contribution is -2.17. The third kappa shape index (κ3) is 4.13. The summed E-state index contributed by atoms with van der Waals surface area (Å²) in [4.78, 5) is 16.6. The first kappa shape index (κ1) is 16.9. The number of thioether (sulfide) groups is 1. The summed E-state index contributed by atoms with van der Waals surface area (Å²) in [5.41, 5.74) is 1.08. The van der Waals surface area contributed by atoms with E-state index >= 15 is 0 Å². The first-order chi connectivity index (χ1) is 11.7. The second-order valence-electron chi connectivity index (χ2n) is 5.29. The number of benzene rings is 1. The lowest BCUT2D eigenvalue weighted by Gasteiger charge is -2.12. The number of aromatic nitrogens is 1. The van der Waals surface area contributed by atoms with Gasteiger partial charge in [0.15, 0.2) is 0 Å². The molecule has 126 valence electrons. The molecular weight excluding hydrogens is 348 g/mol. The summed E-state index contributed by atoms with van der Waals surface area (Å²) in [5, 5.41) is 3.24. The molecule has 1 aromatic carbocycles. The van der Waals surface area contributed by atoms with Crippen molar-refractivity contribution in [3.05, 3.63) is 47.1 Å². The van der Waals surface area contributed by atoms with Gasteiger partial charge in [0.25, 0.3) is 5.91 Å². The topological polar surface area (TPSA) is 60.5 Å². The Morgan fingerprint density at radius 1 is 1.38 bits per heavy atom. The third-order valence-corrected chi connectivity index (χ3v) is 5.01. The molecule has 1 aromatic heterocycles. The molecule has 7 heteroatoms. The summed E-state index contributed by atoms with van der Waals surface area (Å²) >= 11 is 7.93. The van der Waals surface area contributed by atoms with E-state index in [0.29, 0.717) is 27.9 Å². The quantitative estimate of drug-likeness (QED) is 0.872. The van der Waals surface area contributed by atoms with Crippen molar-refractivity contribution in [2.75, 3.05) is 23.9 Å². The van der Waals surface area contributed by atoms with E-state index < -0.39 is 0 Å². The molecule has 2 aromatic rings. The van der Waals surface area contributed by atoms with Crippen molar-refractivity contribution in [2.45, 2.75) is 12.5 Å². The van der Waals surface area contributed by atoms with Crippen LogP contribution in [0.25, 0.3) is 0 Å². The van der Waals surface area contributed by atoms with Crippen LogP contribution in [0.3, 0.4) is 0 Å². The Bertz CT molecular complexity index is 736. The van der Waals surface area contributed by atoms with Gasteiger partial charge in [-0.2, -0.15) is 11.8 Å². The molecule has 0 aliphatic carbocycles. The number of nitrogens with one attached hydrogen (secondary N) is 1. The number of amides is 1. The molecule has 0 bridgehead atoms. The standard InChI is InChI=1S/C17H17ClN2O3S/c1-22-15-3-2-12(9-14(15)18)20-17(21)11-4-6-19-16(8-11)23-13-5-7-24-10-13/h2-4,6,8-9,13H,5,7,10H2,1H3,(H,20,21). The van der Waals surface area contributed by atoms with Crippen molar-refractivity contribution >= 4 is 35.0 Å². The Hall–Kier alpha value is -1.92. The number of nitrogens with zero attached hydrogens (tertiary/aromatic N) is 1. The fraction of sp³-hybridized carbons (Fsp3) is 0.294. The maximum Gasteiger partial charge on any atom is 0.255 e. The van der Waals surface area contributed by atoms with Gasteiger partial charge in [-0.15, -0.1) is 0 Å². The summed E-state index contributed by atoms with van der Waals surface area (Å²) in [6, 6.07) is 8.39. The predicted octanol–water partition coefficient (Wildman–Crippen LogP) is 3.88. The van der Waals surface area contributed by atoms with E-state index in [1.54, 1.807) is 43.6 Å². The van der Waals surface area contributed by atoms with Crippen molar-refractivity contribution in [3.63, 3.8) is 0 Å². The molecule has 5 nitrogen and oxygen atoms in total. The van der Waals surface area contributed by atoms with E-state index in [-0.39, 0.29) is 12.0 Å². The number of rotatable bonds is 5. The number of carbonyl (C=O) groups excluding carboxylic acids is 1. The molecule has 1 unspecified atom stereocenters. The van der Waals surface area contributed by atoms with Gasteiger partial charge < -0.3 is 14.8 Å². The van der Waals surface area contributed by atoms with Crippen LogP contribution in [0.4, 0.5) is 5.69 Å². The third-order valence-electron chi connectivity index (χ3n) is 3.58. The van der Waals surface area contributed by atoms with E-state index in [0.717, 1.165) is 17.9 Å². The number of hydrogen-bond acceptors (Lipinski definition) is 5. The normalized spacial score (nSPS) is 16.7. The smallest absolute Gasteiger partial charge is 0.255 e. The molecule has 24 heavy (non-hydrogen) atoms. The molecule has 0 spiro atoms. The van der Waals surface area contributed by atoms with Crippen molar-refractivity contribution in [3.8, 4) is 11.6 Å². The van der Waals surface area contributed by atoms with Crippen LogP contribution in [-0.4, -0.2) is 35.6 Å². The van der Waals surface area contributed by atoms with Crippen molar-refractivity contribution < 1.29 is 14.3 Å². The minimum atomic E-state index is -0.246. The Morgan fingerprint density at radius 2 is 2.25 bits per heavy atom. The number of pyridine rings is 1. The monoisotopic (exact) mass is 364 g/mol. The van der Waals surface area contributed by atoms with E-state index in [1.165, 1.54) is 0 Å². The van der Waals surface area contributed by atoms with Gasteiger partial charge >= 0.3 is 0 Å². The summed E-state index contributed by atoms with van der Waals surface area (Å²) in [6.07, 6.45) is 2.75. The molecule has 1 fully saturated rings. The van der Waals surface area contributed by atoms with Gasteiger partial charge in [-0.3, -0.25) is 4.79 Å². The van der Waals surface area contributed by atoms with E-state index in [2.05, 4.69) is 10.3 Å². The molecule has 0 radical (unpaired) electrons. The Kier molecular flexibility index (Phi) is 5.48. The van der Waals surface area contributed by atoms with Gasteiger partial charge in [0, 0.05) is 29.3 Å². The zero-order chi connectivity index (χ0) is 16.9. The summed E-state index contributed by atoms with van der Waals surface area (Å²) in [6.45, 7) is 0. The predicted molar refractivity (Wildman–Crippen MR) is 96.6 cm³/mol. The van der Waals surface area contributed by atoms with Gasteiger partial charge in [-0.1, -0.05) is 11.6 Å². The molecule has 1 aliphatic rings. The number of carbonyl (C=O) groups is 1. The Balaban J connectivity index is 1.69. The molecule has 1 aliphatic heterocycles. The lowest BCUT2D eigenvalue weighted by molar-refractivity contribution is 0.102. The molecule has 0 saturated carbocycles. The van der Waals surface area contributed by atoms with Gasteiger partial charge in [0.2, 0.25) is 5.88 Å². The van der Waals surface area contributed by atoms with Gasteiger partial charge in [-0.25, -0.2) is 4.98 Å². The molecular formula is C17H17ClN2O3S. The fourth-order valence-electron chi connectivity index (χ4n) is 2.34. The molecule has 2 heterocycles. The highest BCUT2D eigenvalue weighted by Crippen LogP contribution is 2.27. The zero-order valence-corrected chi connectivity index (χ0v) is 14.7. The van der Waals surface area contributed by atoms with Crippen LogP contribution in [0.15, 0.2) is 36.5 Å². The van der Waals surface area contributed by atoms with Crippen LogP contribution in [0.5, 0.6) is 11.6 Å². The maximum absolute atomic E-state index is 12.4. The lowest BCUT2D eigenvalue weighted by atomic mass is 10.2. The minimum absolute atomic E-state index is 0.168. The number of methoxy groups -OCH3 is 1. The summed E-state index contributed by atoms with van der Waals surface area (Å²) in [5.74, 6) is 2.85. The van der Waals surface area contributed by atoms with Crippen molar-refractivity contribution in [2.24, 2.45) is 0 Å². The highest BCUT2D eigenvalue weighted by molar-refractivity contribution is 7.99. The van der Waals surface area contributed by atoms with Gasteiger partial charge in [0.1, 0.15) is 11.9 Å². The maximum atomic E-state index is 12.4. The first-order valence-corrected chi connectivity index (χ1v) is 9.04. The van der Waals surface area contributed by atoms with Crippen LogP contribution in [0, 0.1) is 0 Å². The van der Waals surface area contributed by atoms with Crippen LogP contribution >= 0.6 is 23.4 Å². The van der Waals surface area contributed by atoms with Crippen molar-refractivity contribution in [1.82, 2.24) is 4.98 Å². The second kappa shape index (κ2) is 7.77. The zero-order valence-electron chi connectivity index (χ0n) is 13.1. The molecule has 1 N–H and O–H groups in total. The van der Waals surface area contributed by atoms with Gasteiger partial charge in [-0.05, 0) is 36.4 Å². The molecule has 1 amide bonds. The second-order valence-corrected chi connectivity index (χ2v) is 6.85. The highest BCUT2D eigenvalue weighted by Gasteiger charge is 2.18. The fourth-order valence-corrected chi connectivity index (χ4v) is 3.69. The van der Waals surface area contributed by atoms with Crippen LogP contribution in [0.1, 0.15) is 16.8 Å². The average Bonchev–Trinajstić information content (AvgIpc) is 3.08. The highest BCUT2D eigenvalue weighted by atomic mass is 35.5. The number of halogens is 1. The summed E-state index contributed by atoms with van der Waals surface area (Å²) < 4.78 is 10.9. The molecule has 1 atom stereocenters. The van der Waals surface area contributed by atoms with Crippen LogP contribution in [-0.2, 0) is 0 Å². The first-order valence-electron chi connectivity index (χ1n) is 7.51. The Morgan fingerprint density at radius 3 is 2.96 bits per heavy atom. The van der Waals surface area contributed by atoms with E-state index in [9.17, 15) is 4.79 Å². The van der Waals surface area contributed by atoms with Crippen LogP contribution < -0.4 is 14.8 Å². The molecule has 1 saturated heterocycles. The minimum Gasteiger partial charge on any atom is -0.495 e. The number of ether oxygens (including phenoxy) is 2. The number of anilines is 1. The number of hydrogen-bond donors (Lipinski definition) is 1. The summed E-state index contributed by atoms with van der Waals surface area (Å²) in [7, 11) is 1.54. The largest absolute Gasteiger partial charge is 0.495 e. The SMILES string of the molecule is COc1ccc(NC(=O)c2ccnc(OC3CCSC3)c2)cc1Cl. The van der Waals surface area contributed by atoms with Gasteiger partial charge in [0.05, 0.1) is 12.1 Å².